The number of ether oxygens (including phenoxy) is 4. The predicted octanol–water partition coefficient (Wildman–Crippen LogP) is 6.14. The number of cyclic esters (lactones) is 1. The lowest BCUT2D eigenvalue weighted by Gasteiger charge is -2.36. The Balaban J connectivity index is 1.56. The average molecular weight is 583 g/mol. The van der Waals surface area contributed by atoms with Gasteiger partial charge in [0, 0.05) is 25.3 Å². The van der Waals surface area contributed by atoms with Gasteiger partial charge in [0.2, 0.25) is 8.32 Å². The molecule has 222 valence electrons. The second-order valence-electron chi connectivity index (χ2n) is 12.4. The quantitative estimate of drug-likeness (QED) is 0.187. The molecular formula is C32H42O8Si. The molecule has 1 saturated heterocycles. The number of allylic oxidation sites excluding steroid dienone is 1. The molecule has 2 aromatic carbocycles. The first-order valence-corrected chi connectivity index (χ1v) is 17.0. The van der Waals surface area contributed by atoms with Gasteiger partial charge in [0.25, 0.3) is 0 Å². The summed E-state index contributed by atoms with van der Waals surface area (Å²) in [6.07, 6.45) is 3.04. The molecular weight excluding hydrogens is 540 g/mol. The molecule has 4 rings (SSSR count). The average Bonchev–Trinajstić information content (AvgIpc) is 3.63. The summed E-state index contributed by atoms with van der Waals surface area (Å²) in [5, 5.41) is 10.9. The Morgan fingerprint density at radius 1 is 1.07 bits per heavy atom. The molecule has 9 heteroatoms. The molecule has 0 aromatic heterocycles. The predicted molar refractivity (Wildman–Crippen MR) is 158 cm³/mol. The third-order valence-electron chi connectivity index (χ3n) is 8.03. The van der Waals surface area contributed by atoms with Crippen molar-refractivity contribution in [2.75, 3.05) is 7.11 Å². The van der Waals surface area contributed by atoms with Crippen LogP contribution in [-0.4, -0.2) is 56.7 Å². The van der Waals surface area contributed by atoms with E-state index in [0.29, 0.717) is 24.3 Å². The molecule has 1 fully saturated rings. The number of aromatic hydroxyl groups is 1. The number of hydrogen-bond donors (Lipinski definition) is 1. The minimum atomic E-state index is -2.23. The van der Waals surface area contributed by atoms with Crippen LogP contribution >= 0.6 is 0 Å². The first-order chi connectivity index (χ1) is 19.3. The van der Waals surface area contributed by atoms with Crippen molar-refractivity contribution in [3.8, 4) is 17.2 Å². The number of benzene rings is 2. The van der Waals surface area contributed by atoms with E-state index in [0.717, 1.165) is 11.3 Å². The third-order valence-corrected chi connectivity index (χ3v) is 12.4. The van der Waals surface area contributed by atoms with Crippen molar-refractivity contribution >= 4 is 20.1 Å². The number of phenolic OH excluding ortho intramolecular Hbond substituents is 1. The number of phenols is 1. The SMILES string of the molecule is COc1ccc(CO[C@H]2/C=C/CC(=O)Cc3cc(O[Si](C)(C)C(C)(C)C)cc(O)c3C(=O)O[C@H](C)C[C@@H]3O[C@H]23)cc1. The van der Waals surface area contributed by atoms with Gasteiger partial charge in [-0.2, -0.15) is 0 Å². The highest BCUT2D eigenvalue weighted by Crippen LogP contribution is 2.40. The highest BCUT2D eigenvalue weighted by atomic mass is 28.4. The van der Waals surface area contributed by atoms with Crippen LogP contribution in [0.5, 0.6) is 17.2 Å². The summed E-state index contributed by atoms with van der Waals surface area (Å²) in [5.74, 6) is 0.170. The van der Waals surface area contributed by atoms with Crippen LogP contribution in [0.3, 0.4) is 0 Å². The summed E-state index contributed by atoms with van der Waals surface area (Å²) in [7, 11) is -0.608. The molecule has 2 heterocycles. The van der Waals surface area contributed by atoms with Crippen molar-refractivity contribution in [2.45, 2.75) is 96.1 Å². The molecule has 41 heavy (non-hydrogen) atoms. The zero-order valence-electron chi connectivity index (χ0n) is 25.1. The van der Waals surface area contributed by atoms with Crippen LogP contribution in [0.1, 0.15) is 62.0 Å². The molecule has 0 saturated carbocycles. The van der Waals surface area contributed by atoms with E-state index in [1.54, 1.807) is 26.2 Å². The van der Waals surface area contributed by atoms with E-state index in [-0.39, 0.29) is 53.3 Å². The van der Waals surface area contributed by atoms with Gasteiger partial charge in [-0.15, -0.1) is 0 Å². The number of carbonyl (C=O) groups is 2. The fraction of sp³-hybridized carbons (Fsp3) is 0.500. The summed E-state index contributed by atoms with van der Waals surface area (Å²) < 4.78 is 29.4. The van der Waals surface area contributed by atoms with E-state index in [1.807, 2.05) is 30.3 Å². The normalized spacial score (nSPS) is 24.4. The van der Waals surface area contributed by atoms with Gasteiger partial charge in [0.1, 0.15) is 46.9 Å². The maximum absolute atomic E-state index is 13.2. The number of hydrogen-bond acceptors (Lipinski definition) is 8. The van der Waals surface area contributed by atoms with Gasteiger partial charge < -0.3 is 28.5 Å². The standard InChI is InChI=1S/C32H42O8Si/c1-20-15-28-30(39-28)27(37-19-21-11-13-24(36-5)14-12-21)10-8-9-23(33)16-22-17-25(40-41(6,7)32(2,3)4)18-26(34)29(22)31(35)38-20/h8,10-14,17-18,20,27-28,30,34H,9,15-16,19H2,1-7H3/b10-8+/t20-,27+,28+,30-/m1/s1. The van der Waals surface area contributed by atoms with E-state index in [1.165, 1.54) is 6.07 Å². The van der Waals surface area contributed by atoms with Crippen molar-refractivity contribution in [1.82, 2.24) is 0 Å². The number of methoxy groups -OCH3 is 1. The van der Waals surface area contributed by atoms with Gasteiger partial charge in [-0.25, -0.2) is 4.79 Å². The zero-order valence-corrected chi connectivity index (χ0v) is 26.1. The van der Waals surface area contributed by atoms with Crippen molar-refractivity contribution in [3.05, 3.63) is 65.2 Å². The molecule has 2 aliphatic rings. The van der Waals surface area contributed by atoms with Gasteiger partial charge in [-0.1, -0.05) is 45.1 Å². The maximum Gasteiger partial charge on any atom is 0.342 e. The number of carbonyl (C=O) groups excluding carboxylic acids is 2. The summed E-state index contributed by atoms with van der Waals surface area (Å²) in [6, 6.07) is 10.8. The van der Waals surface area contributed by atoms with E-state index in [9.17, 15) is 14.7 Å². The molecule has 0 radical (unpaired) electrons. The van der Waals surface area contributed by atoms with E-state index in [4.69, 9.17) is 23.4 Å². The Labute approximate surface area is 243 Å². The minimum absolute atomic E-state index is 0.00258. The smallest absolute Gasteiger partial charge is 0.342 e. The highest BCUT2D eigenvalue weighted by molar-refractivity contribution is 6.74. The lowest BCUT2D eigenvalue weighted by Crippen LogP contribution is -2.43. The van der Waals surface area contributed by atoms with Crippen molar-refractivity contribution < 1.29 is 38.1 Å². The molecule has 1 N–H and O–H groups in total. The summed E-state index contributed by atoms with van der Waals surface area (Å²) in [5.41, 5.74) is 1.38. The lowest BCUT2D eigenvalue weighted by atomic mass is 9.98. The van der Waals surface area contributed by atoms with Gasteiger partial charge in [-0.05, 0) is 54.4 Å². The Morgan fingerprint density at radius 2 is 1.78 bits per heavy atom. The lowest BCUT2D eigenvalue weighted by molar-refractivity contribution is -0.117. The van der Waals surface area contributed by atoms with Gasteiger partial charge >= 0.3 is 5.97 Å². The topological polar surface area (TPSA) is 104 Å². The van der Waals surface area contributed by atoms with E-state index >= 15 is 0 Å². The van der Waals surface area contributed by atoms with Crippen LogP contribution in [-0.2, 0) is 32.0 Å². The Hall–Kier alpha value is -3.14. The minimum Gasteiger partial charge on any atom is -0.543 e. The molecule has 2 aliphatic heterocycles. The Kier molecular flexibility index (Phi) is 9.31. The molecule has 0 spiro atoms. The van der Waals surface area contributed by atoms with Crippen LogP contribution in [0, 0.1) is 0 Å². The zero-order chi connectivity index (χ0) is 29.9. The first kappa shape index (κ1) is 30.8. The largest absolute Gasteiger partial charge is 0.543 e. The highest BCUT2D eigenvalue weighted by Gasteiger charge is 2.46. The molecule has 0 unspecified atom stereocenters. The fourth-order valence-corrected chi connectivity index (χ4v) is 5.60. The monoisotopic (exact) mass is 582 g/mol. The third kappa shape index (κ3) is 7.78. The summed E-state index contributed by atoms with van der Waals surface area (Å²) >= 11 is 0. The molecule has 0 bridgehead atoms. The molecule has 0 aliphatic carbocycles. The van der Waals surface area contributed by atoms with Crippen LogP contribution in [0.25, 0.3) is 0 Å². The number of rotatable bonds is 6. The number of fused-ring (bicyclic) bond motifs is 2. The summed E-state index contributed by atoms with van der Waals surface area (Å²) in [6.45, 7) is 12.7. The van der Waals surface area contributed by atoms with Crippen LogP contribution in [0.15, 0.2) is 48.6 Å². The first-order valence-electron chi connectivity index (χ1n) is 14.1. The fourth-order valence-electron chi connectivity index (χ4n) is 4.58. The van der Waals surface area contributed by atoms with Gasteiger partial charge in [-0.3, -0.25) is 4.79 Å². The van der Waals surface area contributed by atoms with E-state index in [2.05, 4.69) is 33.9 Å². The second-order valence-corrected chi connectivity index (χ2v) is 17.1. The summed E-state index contributed by atoms with van der Waals surface area (Å²) in [4.78, 5) is 26.3. The molecule has 4 atom stereocenters. The van der Waals surface area contributed by atoms with Crippen molar-refractivity contribution in [1.29, 1.82) is 0 Å². The number of epoxide rings is 1. The van der Waals surface area contributed by atoms with Gasteiger partial charge in [0.05, 0.1) is 19.8 Å². The molecule has 0 amide bonds. The Morgan fingerprint density at radius 3 is 2.44 bits per heavy atom. The van der Waals surface area contributed by atoms with Crippen LogP contribution in [0.4, 0.5) is 0 Å². The van der Waals surface area contributed by atoms with Crippen molar-refractivity contribution in [3.63, 3.8) is 0 Å². The van der Waals surface area contributed by atoms with Gasteiger partial charge in [0.15, 0.2) is 0 Å². The molecule has 8 nitrogen and oxygen atoms in total. The maximum atomic E-state index is 13.2. The second kappa shape index (κ2) is 12.4. The van der Waals surface area contributed by atoms with E-state index < -0.39 is 20.4 Å². The number of esters is 1. The van der Waals surface area contributed by atoms with Crippen molar-refractivity contribution in [2.24, 2.45) is 0 Å². The Bertz CT molecular complexity index is 1280. The van der Waals surface area contributed by atoms with Crippen LogP contribution in [0.2, 0.25) is 18.1 Å². The number of ketones is 1. The number of Topliss-reactive ketones (excluding diaryl/α,β-unsaturated/α-hetero) is 1. The van der Waals surface area contributed by atoms with Crippen LogP contribution < -0.4 is 9.16 Å². The molecule has 2 aromatic rings.